The molecular weight excluding hydrogens is 498 g/mol. The number of ketones is 1. The number of thiazole rings is 1. The lowest BCUT2D eigenvalue weighted by atomic mass is 9.84. The summed E-state index contributed by atoms with van der Waals surface area (Å²) in [6.45, 7) is 7.31. The predicted octanol–water partition coefficient (Wildman–Crippen LogP) is 4.95. The van der Waals surface area contributed by atoms with Crippen molar-refractivity contribution in [1.29, 1.82) is 0 Å². The van der Waals surface area contributed by atoms with E-state index in [9.17, 15) is 9.59 Å². The average molecular weight is 530 g/mol. The summed E-state index contributed by atoms with van der Waals surface area (Å²) in [5, 5.41) is 9.33. The van der Waals surface area contributed by atoms with Crippen LogP contribution < -0.4 is 16.0 Å². The summed E-state index contributed by atoms with van der Waals surface area (Å²) in [4.78, 5) is 43.4. The molecule has 4 heterocycles. The van der Waals surface area contributed by atoms with Crippen LogP contribution in [0.15, 0.2) is 48.9 Å². The van der Waals surface area contributed by atoms with E-state index in [1.54, 1.807) is 18.6 Å². The monoisotopic (exact) mass is 529 g/mol. The molecule has 1 saturated heterocycles. The number of nitrogens with one attached hydrogen (secondary N) is 3. The second-order valence-electron chi connectivity index (χ2n) is 10.1. The van der Waals surface area contributed by atoms with Gasteiger partial charge >= 0.3 is 6.03 Å². The minimum atomic E-state index is -0.475. The summed E-state index contributed by atoms with van der Waals surface area (Å²) in [5.41, 5.74) is 3.72. The highest BCUT2D eigenvalue weighted by Gasteiger charge is 2.31. The van der Waals surface area contributed by atoms with E-state index in [1.807, 2.05) is 45.0 Å². The highest BCUT2D eigenvalue weighted by molar-refractivity contribution is 7.22. The second kappa shape index (κ2) is 10.9. The second-order valence-corrected chi connectivity index (χ2v) is 11.1. The predicted molar refractivity (Wildman–Crippen MR) is 150 cm³/mol. The van der Waals surface area contributed by atoms with E-state index >= 15 is 0 Å². The number of fused-ring (bicyclic) bond motifs is 1. The molecule has 1 atom stereocenters. The normalized spacial score (nSPS) is 15.5. The number of amides is 2. The molecule has 5 rings (SSSR count). The quantitative estimate of drug-likeness (QED) is 0.295. The molecule has 1 aliphatic heterocycles. The molecule has 1 aromatic carbocycles. The molecule has 9 nitrogen and oxygen atoms in total. The maximum Gasteiger partial charge on any atom is 0.321 e. The van der Waals surface area contributed by atoms with E-state index in [-0.39, 0.29) is 17.9 Å². The molecule has 0 spiro atoms. The number of nitrogens with zero attached hydrogens (tertiary/aromatic N) is 4. The Morgan fingerprint density at radius 3 is 2.63 bits per heavy atom. The van der Waals surface area contributed by atoms with E-state index in [1.165, 1.54) is 11.3 Å². The molecule has 2 amide bonds. The number of Topliss-reactive ketones (excluding diaryl/α,β-unsaturated/α-hetero) is 1. The third-order valence-electron chi connectivity index (χ3n) is 6.64. The fourth-order valence-electron chi connectivity index (χ4n) is 4.69. The molecule has 4 aromatic rings. The highest BCUT2D eigenvalue weighted by Crippen LogP contribution is 2.38. The molecule has 0 aliphatic carbocycles. The van der Waals surface area contributed by atoms with Gasteiger partial charge in [0.25, 0.3) is 0 Å². The molecule has 38 heavy (non-hydrogen) atoms. The lowest BCUT2D eigenvalue weighted by Crippen LogP contribution is -2.35. The zero-order valence-electron chi connectivity index (χ0n) is 21.7. The fraction of sp³-hybridized carbons (Fsp3) is 0.357. The number of aromatic nitrogens is 4. The van der Waals surface area contributed by atoms with Crippen molar-refractivity contribution in [2.24, 2.45) is 0 Å². The van der Waals surface area contributed by atoms with Gasteiger partial charge in [0.15, 0.2) is 10.9 Å². The SMILES string of the molecule is CCNC(=O)Nc1nc2cc(-c3cnc(C(C)(C)CC(=O)[C@@H]4CCCN4)nc3)cc(-c3ccccn3)c2s1. The first-order valence-corrected chi connectivity index (χ1v) is 13.7. The molecule has 0 unspecified atom stereocenters. The van der Waals surface area contributed by atoms with Gasteiger partial charge in [-0.05, 0) is 56.1 Å². The number of hydrogen-bond donors (Lipinski definition) is 3. The Morgan fingerprint density at radius 1 is 1.13 bits per heavy atom. The molecule has 3 N–H and O–H groups in total. The van der Waals surface area contributed by atoms with Crippen molar-refractivity contribution >= 4 is 38.5 Å². The summed E-state index contributed by atoms with van der Waals surface area (Å²) in [6.07, 6.45) is 7.67. The molecule has 0 radical (unpaired) electrons. The van der Waals surface area contributed by atoms with Gasteiger partial charge in [0.2, 0.25) is 0 Å². The molecule has 196 valence electrons. The van der Waals surface area contributed by atoms with Gasteiger partial charge in [-0.1, -0.05) is 31.3 Å². The molecule has 3 aromatic heterocycles. The van der Waals surface area contributed by atoms with Crippen molar-refractivity contribution in [2.75, 3.05) is 18.4 Å². The van der Waals surface area contributed by atoms with Crippen molar-refractivity contribution in [2.45, 2.75) is 51.5 Å². The Labute approximate surface area is 225 Å². The van der Waals surface area contributed by atoms with Crippen molar-refractivity contribution < 1.29 is 9.59 Å². The van der Waals surface area contributed by atoms with Gasteiger partial charge in [-0.3, -0.25) is 15.1 Å². The Bertz CT molecular complexity index is 1450. The van der Waals surface area contributed by atoms with Gasteiger partial charge in [0.1, 0.15) is 5.82 Å². The van der Waals surface area contributed by atoms with Crippen LogP contribution in [0.3, 0.4) is 0 Å². The molecule has 10 heteroatoms. The Kier molecular flexibility index (Phi) is 7.44. The van der Waals surface area contributed by atoms with E-state index in [2.05, 4.69) is 42.0 Å². The number of rotatable bonds is 8. The van der Waals surface area contributed by atoms with Gasteiger partial charge in [-0.2, -0.15) is 0 Å². The first kappa shape index (κ1) is 25.9. The Morgan fingerprint density at radius 2 is 1.95 bits per heavy atom. The largest absolute Gasteiger partial charge is 0.338 e. The first-order valence-electron chi connectivity index (χ1n) is 12.8. The van der Waals surface area contributed by atoms with Crippen LogP contribution in [0.2, 0.25) is 0 Å². The number of carbonyl (C=O) groups excluding carboxylic acids is 2. The lowest BCUT2D eigenvalue weighted by Gasteiger charge is -2.23. The Balaban J connectivity index is 1.47. The van der Waals surface area contributed by atoms with Crippen LogP contribution >= 0.6 is 11.3 Å². The van der Waals surface area contributed by atoms with Crippen molar-refractivity contribution in [3.05, 3.63) is 54.7 Å². The summed E-state index contributed by atoms with van der Waals surface area (Å²) < 4.78 is 0.928. The van der Waals surface area contributed by atoms with Crippen LogP contribution in [0, 0.1) is 0 Å². The number of hydrogen-bond acceptors (Lipinski definition) is 8. The minimum absolute atomic E-state index is 0.0594. The minimum Gasteiger partial charge on any atom is -0.338 e. The van der Waals surface area contributed by atoms with Gasteiger partial charge in [-0.15, -0.1) is 0 Å². The average Bonchev–Trinajstić information content (AvgIpc) is 3.59. The highest BCUT2D eigenvalue weighted by atomic mass is 32.1. The molecular formula is C28H31N7O2S. The molecule has 0 saturated carbocycles. The fourth-order valence-corrected chi connectivity index (χ4v) is 5.65. The van der Waals surface area contributed by atoms with Crippen LogP contribution in [0.25, 0.3) is 32.6 Å². The lowest BCUT2D eigenvalue weighted by molar-refractivity contribution is -0.121. The van der Waals surface area contributed by atoms with Crippen molar-refractivity contribution in [1.82, 2.24) is 30.6 Å². The summed E-state index contributed by atoms with van der Waals surface area (Å²) in [6, 6.07) is 9.44. The first-order chi connectivity index (χ1) is 18.3. The van der Waals surface area contributed by atoms with E-state index in [4.69, 9.17) is 0 Å². The molecule has 1 fully saturated rings. The summed E-state index contributed by atoms with van der Waals surface area (Å²) in [7, 11) is 0. The maximum absolute atomic E-state index is 12.8. The van der Waals surface area contributed by atoms with Crippen LogP contribution in [-0.4, -0.2) is 50.9 Å². The number of pyridine rings is 1. The smallest absolute Gasteiger partial charge is 0.321 e. The van der Waals surface area contributed by atoms with Crippen LogP contribution in [0.1, 0.15) is 45.9 Å². The van der Waals surface area contributed by atoms with E-state index < -0.39 is 5.41 Å². The van der Waals surface area contributed by atoms with Crippen LogP contribution in [-0.2, 0) is 10.2 Å². The van der Waals surface area contributed by atoms with Gasteiger partial charge in [0.05, 0.1) is 22.0 Å². The number of anilines is 1. The molecule has 0 bridgehead atoms. The maximum atomic E-state index is 12.8. The van der Waals surface area contributed by atoms with E-state index in [0.717, 1.165) is 52.0 Å². The number of urea groups is 1. The zero-order valence-corrected chi connectivity index (χ0v) is 22.6. The summed E-state index contributed by atoms with van der Waals surface area (Å²) in [5.74, 6) is 0.854. The topological polar surface area (TPSA) is 122 Å². The molecule has 1 aliphatic rings. The standard InChI is InChI=1S/C28H31N7O2S/c1-4-29-26(37)35-27-34-22-13-17(12-19(24(22)38-27)20-8-5-6-10-30-20)18-15-32-25(33-16-18)28(2,3)14-23(36)21-9-7-11-31-21/h5-6,8,10,12-13,15-16,21,31H,4,7,9,11,14H2,1-3H3,(H2,29,34,35,37)/t21-/m0/s1. The van der Waals surface area contributed by atoms with Crippen molar-refractivity contribution in [3.63, 3.8) is 0 Å². The van der Waals surface area contributed by atoms with Crippen LogP contribution in [0.4, 0.5) is 9.93 Å². The van der Waals surface area contributed by atoms with Crippen molar-refractivity contribution in [3.8, 4) is 22.4 Å². The number of benzene rings is 1. The number of carbonyl (C=O) groups is 2. The zero-order chi connectivity index (χ0) is 26.7. The van der Waals surface area contributed by atoms with Gasteiger partial charge < -0.3 is 10.6 Å². The van der Waals surface area contributed by atoms with Gasteiger partial charge in [0, 0.05) is 48.1 Å². The third-order valence-corrected chi connectivity index (χ3v) is 7.66. The third kappa shape index (κ3) is 5.56. The summed E-state index contributed by atoms with van der Waals surface area (Å²) >= 11 is 1.41. The Hall–Kier alpha value is -3.76. The van der Waals surface area contributed by atoms with Crippen LogP contribution in [0.5, 0.6) is 0 Å². The van der Waals surface area contributed by atoms with Gasteiger partial charge in [-0.25, -0.2) is 19.7 Å². The van der Waals surface area contributed by atoms with E-state index in [0.29, 0.717) is 23.9 Å².